The van der Waals surface area contributed by atoms with Gasteiger partial charge in [-0.25, -0.2) is 9.78 Å². The highest BCUT2D eigenvalue weighted by molar-refractivity contribution is 7.15. The van der Waals surface area contributed by atoms with Gasteiger partial charge in [0.05, 0.1) is 5.69 Å². The van der Waals surface area contributed by atoms with Gasteiger partial charge >= 0.3 is 6.03 Å². The summed E-state index contributed by atoms with van der Waals surface area (Å²) in [5.74, 6) is 0. The minimum absolute atomic E-state index is 0.249. The minimum Gasteiger partial charge on any atom is -0.334 e. The van der Waals surface area contributed by atoms with E-state index < -0.39 is 0 Å². The van der Waals surface area contributed by atoms with E-state index in [4.69, 9.17) is 0 Å². The third-order valence-electron chi connectivity index (χ3n) is 2.45. The number of aryl methyl sites for hydroxylation is 2. The number of anilines is 1. The maximum atomic E-state index is 11.6. The number of carbonyl (C=O) groups excluding carboxylic acids is 1. The number of amides is 2. The molecule has 0 spiro atoms. The van der Waals surface area contributed by atoms with Crippen LogP contribution in [0.2, 0.25) is 0 Å². The molecule has 0 aliphatic heterocycles. The zero-order valence-electron chi connectivity index (χ0n) is 10.2. The Morgan fingerprint density at radius 1 is 1.33 bits per heavy atom. The highest BCUT2D eigenvalue weighted by Gasteiger charge is 2.07. The molecule has 2 aromatic rings. The average molecular weight is 262 g/mol. The van der Waals surface area contributed by atoms with E-state index in [0.29, 0.717) is 11.7 Å². The van der Waals surface area contributed by atoms with Gasteiger partial charge in [-0.2, -0.15) is 0 Å². The van der Waals surface area contributed by atoms with Crippen molar-refractivity contribution in [2.45, 2.75) is 20.4 Å². The quantitative estimate of drug-likeness (QED) is 0.893. The third kappa shape index (κ3) is 3.27. The SMILES string of the molecule is Cc1nc(NC(=O)NCc2ccncc2)sc1C. The molecule has 2 heterocycles. The fourth-order valence-electron chi connectivity index (χ4n) is 1.35. The standard InChI is InChI=1S/C12H14N4OS/c1-8-9(2)18-12(15-8)16-11(17)14-7-10-3-5-13-6-4-10/h3-6H,7H2,1-2H3,(H2,14,15,16,17). The molecule has 0 saturated heterocycles. The Balaban J connectivity index is 1.86. The number of aromatic nitrogens is 2. The Hall–Kier alpha value is -1.95. The highest BCUT2D eigenvalue weighted by atomic mass is 32.1. The van der Waals surface area contributed by atoms with Crippen molar-refractivity contribution in [3.05, 3.63) is 40.7 Å². The Morgan fingerprint density at radius 3 is 2.67 bits per heavy atom. The fourth-order valence-corrected chi connectivity index (χ4v) is 2.16. The third-order valence-corrected chi connectivity index (χ3v) is 3.44. The first kappa shape index (κ1) is 12.5. The molecule has 0 aromatic carbocycles. The Kier molecular flexibility index (Phi) is 3.88. The van der Waals surface area contributed by atoms with Gasteiger partial charge in [0.25, 0.3) is 0 Å². The molecule has 2 rings (SSSR count). The summed E-state index contributed by atoms with van der Waals surface area (Å²) in [5, 5.41) is 6.10. The topological polar surface area (TPSA) is 66.9 Å². The monoisotopic (exact) mass is 262 g/mol. The first-order valence-electron chi connectivity index (χ1n) is 5.53. The van der Waals surface area contributed by atoms with E-state index in [1.807, 2.05) is 26.0 Å². The van der Waals surface area contributed by atoms with Crippen molar-refractivity contribution >= 4 is 22.5 Å². The first-order valence-corrected chi connectivity index (χ1v) is 6.34. The molecule has 0 bridgehead atoms. The van der Waals surface area contributed by atoms with Crippen molar-refractivity contribution in [2.75, 3.05) is 5.32 Å². The predicted molar refractivity (Wildman–Crippen MR) is 71.7 cm³/mol. The van der Waals surface area contributed by atoms with E-state index in [1.165, 1.54) is 11.3 Å². The summed E-state index contributed by atoms with van der Waals surface area (Å²) in [6.45, 7) is 4.37. The van der Waals surface area contributed by atoms with Crippen LogP contribution in [-0.2, 0) is 6.54 Å². The maximum Gasteiger partial charge on any atom is 0.321 e. The van der Waals surface area contributed by atoms with Gasteiger partial charge in [0, 0.05) is 23.8 Å². The second-order valence-corrected chi connectivity index (χ2v) is 5.03. The Bertz CT molecular complexity index is 519. The van der Waals surface area contributed by atoms with Crippen LogP contribution in [-0.4, -0.2) is 16.0 Å². The van der Waals surface area contributed by atoms with Crippen molar-refractivity contribution in [2.24, 2.45) is 0 Å². The van der Waals surface area contributed by atoms with E-state index in [0.717, 1.165) is 16.1 Å². The molecule has 0 aliphatic rings. The second-order valence-electron chi connectivity index (χ2n) is 3.82. The normalized spacial score (nSPS) is 10.1. The maximum absolute atomic E-state index is 11.6. The van der Waals surface area contributed by atoms with Gasteiger partial charge in [-0.1, -0.05) is 0 Å². The van der Waals surface area contributed by atoms with Crippen LogP contribution in [0.25, 0.3) is 0 Å². The molecule has 94 valence electrons. The summed E-state index contributed by atoms with van der Waals surface area (Å²) >= 11 is 1.47. The van der Waals surface area contributed by atoms with E-state index in [1.54, 1.807) is 12.4 Å². The largest absolute Gasteiger partial charge is 0.334 e. The van der Waals surface area contributed by atoms with Crippen molar-refractivity contribution in [3.63, 3.8) is 0 Å². The van der Waals surface area contributed by atoms with Crippen LogP contribution < -0.4 is 10.6 Å². The lowest BCUT2D eigenvalue weighted by molar-refractivity contribution is 0.251. The summed E-state index contributed by atoms with van der Waals surface area (Å²) in [7, 11) is 0. The molecule has 2 N–H and O–H groups in total. The number of nitrogens with zero attached hydrogens (tertiary/aromatic N) is 2. The number of hydrogen-bond donors (Lipinski definition) is 2. The van der Waals surface area contributed by atoms with Gasteiger partial charge < -0.3 is 5.32 Å². The van der Waals surface area contributed by atoms with Crippen LogP contribution in [0.3, 0.4) is 0 Å². The van der Waals surface area contributed by atoms with Gasteiger partial charge in [0.2, 0.25) is 0 Å². The van der Waals surface area contributed by atoms with Crippen LogP contribution in [0, 0.1) is 13.8 Å². The van der Waals surface area contributed by atoms with E-state index in [-0.39, 0.29) is 6.03 Å². The molecule has 0 saturated carbocycles. The van der Waals surface area contributed by atoms with Crippen molar-refractivity contribution in [1.29, 1.82) is 0 Å². The molecule has 5 nitrogen and oxygen atoms in total. The molecule has 0 unspecified atom stereocenters. The zero-order chi connectivity index (χ0) is 13.0. The van der Waals surface area contributed by atoms with Crippen molar-refractivity contribution in [3.8, 4) is 0 Å². The van der Waals surface area contributed by atoms with Crippen LogP contribution in [0.15, 0.2) is 24.5 Å². The van der Waals surface area contributed by atoms with Gasteiger partial charge in [-0.05, 0) is 31.5 Å². The number of hydrogen-bond acceptors (Lipinski definition) is 4. The number of rotatable bonds is 3. The number of pyridine rings is 1. The summed E-state index contributed by atoms with van der Waals surface area (Å²) in [6.07, 6.45) is 3.39. The first-order chi connectivity index (χ1) is 8.65. The van der Waals surface area contributed by atoms with E-state index in [2.05, 4.69) is 20.6 Å². The number of urea groups is 1. The summed E-state index contributed by atoms with van der Waals surface area (Å²) in [6, 6.07) is 3.47. The molecular weight excluding hydrogens is 248 g/mol. The number of thiazole rings is 1. The van der Waals surface area contributed by atoms with Crippen LogP contribution >= 0.6 is 11.3 Å². The van der Waals surface area contributed by atoms with Gasteiger partial charge in [-0.15, -0.1) is 11.3 Å². The molecule has 2 aromatic heterocycles. The molecule has 0 aliphatic carbocycles. The summed E-state index contributed by atoms with van der Waals surface area (Å²) in [4.78, 5) is 20.9. The van der Waals surface area contributed by atoms with Gasteiger partial charge in [-0.3, -0.25) is 10.3 Å². The lowest BCUT2D eigenvalue weighted by atomic mass is 10.3. The van der Waals surface area contributed by atoms with Crippen LogP contribution in [0.4, 0.5) is 9.93 Å². The average Bonchev–Trinajstić information content (AvgIpc) is 2.67. The molecular formula is C12H14N4OS. The van der Waals surface area contributed by atoms with Crippen LogP contribution in [0.1, 0.15) is 16.1 Å². The summed E-state index contributed by atoms with van der Waals surface area (Å²) in [5.41, 5.74) is 1.95. The predicted octanol–water partition coefficient (Wildman–Crippen LogP) is 2.48. The van der Waals surface area contributed by atoms with Crippen molar-refractivity contribution in [1.82, 2.24) is 15.3 Å². The molecule has 0 radical (unpaired) electrons. The molecule has 0 atom stereocenters. The molecule has 18 heavy (non-hydrogen) atoms. The van der Waals surface area contributed by atoms with Gasteiger partial charge in [0.15, 0.2) is 5.13 Å². The minimum atomic E-state index is -0.249. The van der Waals surface area contributed by atoms with Crippen molar-refractivity contribution < 1.29 is 4.79 Å². The molecule has 0 fully saturated rings. The smallest absolute Gasteiger partial charge is 0.321 e. The lowest BCUT2D eigenvalue weighted by Crippen LogP contribution is -2.28. The Morgan fingerprint density at radius 2 is 2.06 bits per heavy atom. The van der Waals surface area contributed by atoms with E-state index >= 15 is 0 Å². The highest BCUT2D eigenvalue weighted by Crippen LogP contribution is 2.20. The second kappa shape index (κ2) is 5.59. The summed E-state index contributed by atoms with van der Waals surface area (Å²) < 4.78 is 0. The van der Waals surface area contributed by atoms with E-state index in [9.17, 15) is 4.79 Å². The zero-order valence-corrected chi connectivity index (χ0v) is 11.0. The lowest BCUT2D eigenvalue weighted by Gasteiger charge is -2.04. The van der Waals surface area contributed by atoms with Crippen LogP contribution in [0.5, 0.6) is 0 Å². The molecule has 6 heteroatoms. The Labute approximate surface area is 109 Å². The van der Waals surface area contributed by atoms with Gasteiger partial charge in [0.1, 0.15) is 0 Å². The molecule has 2 amide bonds. The number of carbonyl (C=O) groups is 1. The fraction of sp³-hybridized carbons (Fsp3) is 0.250. The number of nitrogens with one attached hydrogen (secondary N) is 2.